The maximum atomic E-state index is 11.1. The number of rotatable bonds is 3. The van der Waals surface area contributed by atoms with Crippen molar-refractivity contribution in [3.05, 3.63) is 0 Å². The quantitative estimate of drug-likeness (QED) is 0.721. The molecule has 1 aliphatic heterocycles. The lowest BCUT2D eigenvalue weighted by Gasteiger charge is -2.12. The summed E-state index contributed by atoms with van der Waals surface area (Å²) in [6.07, 6.45) is 2.61. The van der Waals surface area contributed by atoms with Gasteiger partial charge in [0, 0.05) is 12.6 Å². The number of nitriles is 1. The van der Waals surface area contributed by atoms with E-state index in [-0.39, 0.29) is 17.2 Å². The predicted octanol–water partition coefficient (Wildman–Crippen LogP) is 0.0669. The minimum absolute atomic E-state index is 0.0748. The Morgan fingerprint density at radius 3 is 2.64 bits per heavy atom. The molecule has 1 unspecified atom stereocenters. The topological polar surface area (TPSA) is 70.0 Å². The normalized spacial score (nSPS) is 32.4. The molecule has 0 bridgehead atoms. The lowest BCUT2D eigenvalue weighted by molar-refractivity contribution is 0.490. The molecular formula is C9H14N2O2S. The van der Waals surface area contributed by atoms with Crippen molar-refractivity contribution in [3.8, 4) is 6.07 Å². The van der Waals surface area contributed by atoms with Crippen LogP contribution in [0, 0.1) is 16.7 Å². The van der Waals surface area contributed by atoms with Gasteiger partial charge in [0.15, 0.2) is 9.84 Å². The first-order chi connectivity index (χ1) is 6.55. The van der Waals surface area contributed by atoms with Crippen molar-refractivity contribution in [1.82, 2.24) is 5.32 Å². The lowest BCUT2D eigenvalue weighted by Crippen LogP contribution is -2.34. The van der Waals surface area contributed by atoms with Crippen LogP contribution in [0.15, 0.2) is 0 Å². The largest absolute Gasteiger partial charge is 0.311 e. The van der Waals surface area contributed by atoms with Gasteiger partial charge >= 0.3 is 0 Å². The third kappa shape index (κ3) is 2.07. The summed E-state index contributed by atoms with van der Waals surface area (Å²) in [6.45, 7) is 0.656. The molecule has 0 aromatic rings. The summed E-state index contributed by atoms with van der Waals surface area (Å²) in [7, 11) is -2.79. The van der Waals surface area contributed by atoms with E-state index in [0.29, 0.717) is 18.7 Å². The molecule has 1 heterocycles. The molecule has 0 radical (unpaired) electrons. The molecule has 2 aliphatic rings. The number of nitrogens with one attached hydrogen (secondary N) is 1. The van der Waals surface area contributed by atoms with Crippen LogP contribution in [0.2, 0.25) is 0 Å². The van der Waals surface area contributed by atoms with Crippen LogP contribution in [0.5, 0.6) is 0 Å². The predicted molar refractivity (Wildman–Crippen MR) is 52.3 cm³/mol. The highest BCUT2D eigenvalue weighted by Gasteiger charge is 2.43. The Morgan fingerprint density at radius 1 is 1.50 bits per heavy atom. The van der Waals surface area contributed by atoms with E-state index in [1.54, 1.807) is 0 Å². The first kappa shape index (κ1) is 9.94. The molecular weight excluding hydrogens is 200 g/mol. The summed E-state index contributed by atoms with van der Waals surface area (Å²) < 4.78 is 22.3. The van der Waals surface area contributed by atoms with Gasteiger partial charge in [0.2, 0.25) is 0 Å². The van der Waals surface area contributed by atoms with E-state index in [4.69, 9.17) is 5.26 Å². The van der Waals surface area contributed by atoms with E-state index in [9.17, 15) is 8.42 Å². The van der Waals surface area contributed by atoms with Gasteiger partial charge < -0.3 is 5.32 Å². The SMILES string of the molecule is N#CC1(CNC2CCS(=O)(=O)C2)CC1. The summed E-state index contributed by atoms with van der Waals surface area (Å²) in [5.74, 6) is 0.540. The third-order valence-corrected chi connectivity index (χ3v) is 4.82. The fraction of sp³-hybridized carbons (Fsp3) is 0.889. The van der Waals surface area contributed by atoms with Gasteiger partial charge in [0.25, 0.3) is 0 Å². The van der Waals surface area contributed by atoms with Crippen molar-refractivity contribution in [2.24, 2.45) is 5.41 Å². The second-order valence-corrected chi connectivity index (χ2v) is 6.60. The van der Waals surface area contributed by atoms with Gasteiger partial charge in [0.1, 0.15) is 0 Å². The molecule has 1 saturated carbocycles. The highest BCUT2D eigenvalue weighted by atomic mass is 32.2. The second kappa shape index (κ2) is 3.21. The first-order valence-corrected chi connectivity index (χ1v) is 6.73. The summed E-state index contributed by atoms with van der Waals surface area (Å²) in [4.78, 5) is 0. The molecule has 4 nitrogen and oxygen atoms in total. The van der Waals surface area contributed by atoms with Crippen molar-refractivity contribution in [2.45, 2.75) is 25.3 Å². The third-order valence-electron chi connectivity index (χ3n) is 3.05. The van der Waals surface area contributed by atoms with Crippen LogP contribution < -0.4 is 5.32 Å². The number of sulfone groups is 1. The summed E-state index contributed by atoms with van der Waals surface area (Å²) >= 11 is 0. The van der Waals surface area contributed by atoms with Crippen molar-refractivity contribution in [1.29, 1.82) is 5.26 Å². The molecule has 1 saturated heterocycles. The molecule has 0 aromatic heterocycles. The molecule has 0 aromatic carbocycles. The van der Waals surface area contributed by atoms with Crippen LogP contribution >= 0.6 is 0 Å². The smallest absolute Gasteiger partial charge is 0.151 e. The van der Waals surface area contributed by atoms with E-state index in [1.807, 2.05) is 0 Å². The summed E-state index contributed by atoms with van der Waals surface area (Å²) in [6, 6.07) is 2.36. The van der Waals surface area contributed by atoms with E-state index < -0.39 is 9.84 Å². The molecule has 2 rings (SSSR count). The van der Waals surface area contributed by atoms with Crippen molar-refractivity contribution < 1.29 is 8.42 Å². The molecule has 14 heavy (non-hydrogen) atoms. The van der Waals surface area contributed by atoms with Gasteiger partial charge in [-0.1, -0.05) is 0 Å². The van der Waals surface area contributed by atoms with E-state index >= 15 is 0 Å². The average molecular weight is 214 g/mol. The fourth-order valence-electron chi connectivity index (χ4n) is 1.77. The number of hydrogen-bond acceptors (Lipinski definition) is 4. The van der Waals surface area contributed by atoms with E-state index in [2.05, 4.69) is 11.4 Å². The standard InChI is InChI=1S/C9H14N2O2S/c10-6-9(2-3-9)7-11-8-1-4-14(12,13)5-8/h8,11H,1-5,7H2. The Hall–Kier alpha value is -0.600. The van der Waals surface area contributed by atoms with Crippen molar-refractivity contribution in [2.75, 3.05) is 18.1 Å². The molecule has 0 amide bonds. The van der Waals surface area contributed by atoms with Crippen LogP contribution in [0.3, 0.4) is 0 Å². The van der Waals surface area contributed by atoms with E-state index in [0.717, 1.165) is 12.8 Å². The van der Waals surface area contributed by atoms with Crippen LogP contribution in [-0.2, 0) is 9.84 Å². The zero-order valence-corrected chi connectivity index (χ0v) is 8.81. The van der Waals surface area contributed by atoms with Crippen LogP contribution in [0.1, 0.15) is 19.3 Å². The Kier molecular flexibility index (Phi) is 2.28. The summed E-state index contributed by atoms with van der Waals surface area (Å²) in [5, 5.41) is 12.0. The Labute approximate surface area is 84.2 Å². The van der Waals surface area contributed by atoms with Gasteiger partial charge in [0.05, 0.1) is 23.0 Å². The summed E-state index contributed by atoms with van der Waals surface area (Å²) in [5.41, 5.74) is -0.174. The zero-order chi connectivity index (χ0) is 10.2. The van der Waals surface area contributed by atoms with Gasteiger partial charge in [-0.05, 0) is 19.3 Å². The number of hydrogen-bond donors (Lipinski definition) is 1. The first-order valence-electron chi connectivity index (χ1n) is 4.90. The maximum absolute atomic E-state index is 11.1. The van der Waals surface area contributed by atoms with Crippen LogP contribution in [0.25, 0.3) is 0 Å². The van der Waals surface area contributed by atoms with Crippen molar-refractivity contribution in [3.63, 3.8) is 0 Å². The van der Waals surface area contributed by atoms with Crippen LogP contribution in [0.4, 0.5) is 0 Å². The molecule has 1 aliphatic carbocycles. The lowest BCUT2D eigenvalue weighted by atomic mass is 10.1. The molecule has 0 spiro atoms. The Bertz CT molecular complexity index is 365. The minimum atomic E-state index is -2.79. The average Bonchev–Trinajstić information content (AvgIpc) is 2.84. The minimum Gasteiger partial charge on any atom is -0.311 e. The van der Waals surface area contributed by atoms with Gasteiger partial charge in [-0.15, -0.1) is 0 Å². The fourth-order valence-corrected chi connectivity index (χ4v) is 3.48. The van der Waals surface area contributed by atoms with Crippen molar-refractivity contribution >= 4 is 9.84 Å². The van der Waals surface area contributed by atoms with Gasteiger partial charge in [-0.25, -0.2) is 8.42 Å². The van der Waals surface area contributed by atoms with Crippen LogP contribution in [-0.4, -0.2) is 32.5 Å². The monoisotopic (exact) mass is 214 g/mol. The molecule has 1 atom stereocenters. The number of nitrogens with zero attached hydrogens (tertiary/aromatic N) is 1. The molecule has 2 fully saturated rings. The molecule has 1 N–H and O–H groups in total. The maximum Gasteiger partial charge on any atom is 0.151 e. The highest BCUT2D eigenvalue weighted by molar-refractivity contribution is 7.91. The molecule has 5 heteroatoms. The Balaban J connectivity index is 1.81. The highest BCUT2D eigenvalue weighted by Crippen LogP contribution is 2.44. The van der Waals surface area contributed by atoms with Gasteiger partial charge in [-0.3, -0.25) is 0 Å². The molecule has 78 valence electrons. The second-order valence-electron chi connectivity index (χ2n) is 4.37. The Morgan fingerprint density at radius 2 is 2.21 bits per heavy atom. The van der Waals surface area contributed by atoms with E-state index in [1.165, 1.54) is 0 Å². The zero-order valence-electron chi connectivity index (χ0n) is 7.99. The van der Waals surface area contributed by atoms with Gasteiger partial charge in [-0.2, -0.15) is 5.26 Å².